The van der Waals surface area contributed by atoms with Gasteiger partial charge in [-0.15, -0.1) is 0 Å². The van der Waals surface area contributed by atoms with Gasteiger partial charge in [0.2, 0.25) is 0 Å². The number of nitrogens with zero attached hydrogens (tertiary/aromatic N) is 1. The van der Waals surface area contributed by atoms with E-state index in [9.17, 15) is 4.79 Å². The first kappa shape index (κ1) is 19.6. The minimum absolute atomic E-state index is 0.284. The smallest absolute Gasteiger partial charge is 0.337 e. The van der Waals surface area contributed by atoms with Crippen molar-refractivity contribution in [3.05, 3.63) is 71.3 Å². The van der Waals surface area contributed by atoms with Gasteiger partial charge in [-0.3, -0.25) is 4.90 Å². The third-order valence-corrected chi connectivity index (χ3v) is 5.46. The molecule has 2 aromatic rings. The zero-order valence-corrected chi connectivity index (χ0v) is 16.5. The van der Waals surface area contributed by atoms with Crippen LogP contribution in [0.2, 0.25) is 0 Å². The first-order valence-corrected chi connectivity index (χ1v) is 9.73. The highest BCUT2D eigenvalue weighted by Gasteiger charge is 2.31. The molecule has 3 atom stereocenters. The van der Waals surface area contributed by atoms with Crippen molar-refractivity contribution in [1.29, 1.82) is 0 Å². The Morgan fingerprint density at radius 3 is 2.37 bits per heavy atom. The van der Waals surface area contributed by atoms with Gasteiger partial charge in [0.1, 0.15) is 0 Å². The van der Waals surface area contributed by atoms with E-state index in [1.165, 1.54) is 12.7 Å². The predicted octanol–water partition coefficient (Wildman–Crippen LogP) is 3.72. The summed E-state index contributed by atoms with van der Waals surface area (Å²) in [5.74, 6) is 0.857. The van der Waals surface area contributed by atoms with Gasteiger partial charge in [-0.2, -0.15) is 0 Å². The number of benzene rings is 2. The largest absolute Gasteiger partial charge is 0.465 e. The van der Waals surface area contributed by atoms with Crippen molar-refractivity contribution in [2.45, 2.75) is 33.0 Å². The molecule has 1 saturated heterocycles. The van der Waals surface area contributed by atoms with E-state index in [-0.39, 0.29) is 5.97 Å². The molecule has 2 aromatic carbocycles. The monoisotopic (exact) mass is 366 g/mol. The average Bonchev–Trinajstić information content (AvgIpc) is 2.67. The first-order valence-electron chi connectivity index (χ1n) is 9.73. The molecule has 1 N–H and O–H groups in total. The van der Waals surface area contributed by atoms with Crippen LogP contribution in [0.3, 0.4) is 0 Å². The quantitative estimate of drug-likeness (QED) is 0.791. The zero-order valence-electron chi connectivity index (χ0n) is 16.5. The van der Waals surface area contributed by atoms with Gasteiger partial charge in [-0.05, 0) is 35.1 Å². The van der Waals surface area contributed by atoms with E-state index in [1.807, 2.05) is 12.1 Å². The number of hydrogen-bond donors (Lipinski definition) is 1. The number of hydrogen-bond acceptors (Lipinski definition) is 4. The molecule has 4 heteroatoms. The average molecular weight is 367 g/mol. The van der Waals surface area contributed by atoms with Crippen molar-refractivity contribution >= 4 is 5.97 Å². The van der Waals surface area contributed by atoms with Gasteiger partial charge >= 0.3 is 5.97 Å². The molecule has 3 rings (SSSR count). The summed E-state index contributed by atoms with van der Waals surface area (Å²) in [6.45, 7) is 8.64. The van der Waals surface area contributed by atoms with Gasteiger partial charge in [0.05, 0.1) is 12.7 Å². The number of esters is 1. The molecule has 144 valence electrons. The maximum Gasteiger partial charge on any atom is 0.337 e. The lowest BCUT2D eigenvalue weighted by atomic mass is 9.85. The van der Waals surface area contributed by atoms with Crippen molar-refractivity contribution < 1.29 is 9.53 Å². The zero-order chi connectivity index (χ0) is 19.2. The van der Waals surface area contributed by atoms with Crippen LogP contribution in [-0.4, -0.2) is 37.1 Å². The van der Waals surface area contributed by atoms with Crippen LogP contribution >= 0.6 is 0 Å². The summed E-state index contributed by atoms with van der Waals surface area (Å²) >= 11 is 0. The maximum atomic E-state index is 11.7. The first-order chi connectivity index (χ1) is 13.1. The molecule has 0 bridgehead atoms. The number of nitrogens with one attached hydrogen (secondary N) is 1. The summed E-state index contributed by atoms with van der Waals surface area (Å²) in [7, 11) is 1.42. The fraction of sp³-hybridized carbons (Fsp3) is 0.435. The number of ether oxygens (including phenoxy) is 1. The highest BCUT2D eigenvalue weighted by molar-refractivity contribution is 5.89. The van der Waals surface area contributed by atoms with Crippen LogP contribution in [0, 0.1) is 11.8 Å². The Labute approximate surface area is 162 Å². The van der Waals surface area contributed by atoms with E-state index in [4.69, 9.17) is 4.74 Å². The summed E-state index contributed by atoms with van der Waals surface area (Å²) in [5, 5.41) is 3.73. The van der Waals surface area contributed by atoms with Crippen LogP contribution in [-0.2, 0) is 17.8 Å². The molecule has 27 heavy (non-hydrogen) atoms. The fourth-order valence-electron chi connectivity index (χ4n) is 4.21. The predicted molar refractivity (Wildman–Crippen MR) is 108 cm³/mol. The van der Waals surface area contributed by atoms with Gasteiger partial charge in [0.25, 0.3) is 0 Å². The second kappa shape index (κ2) is 9.16. The van der Waals surface area contributed by atoms with E-state index in [2.05, 4.69) is 60.5 Å². The van der Waals surface area contributed by atoms with Crippen LogP contribution in [0.15, 0.2) is 54.6 Å². The van der Waals surface area contributed by atoms with Crippen molar-refractivity contribution in [3.8, 4) is 0 Å². The number of rotatable bonds is 6. The summed E-state index contributed by atoms with van der Waals surface area (Å²) in [6, 6.07) is 18.8. The molecule has 1 heterocycles. The lowest BCUT2D eigenvalue weighted by Crippen LogP contribution is -2.52. The second-order valence-corrected chi connectivity index (χ2v) is 7.73. The Balaban J connectivity index is 1.56. The molecule has 1 unspecified atom stereocenters. The lowest BCUT2D eigenvalue weighted by Gasteiger charge is -2.42. The Morgan fingerprint density at radius 2 is 1.70 bits per heavy atom. The minimum Gasteiger partial charge on any atom is -0.465 e. The second-order valence-electron chi connectivity index (χ2n) is 7.73. The Morgan fingerprint density at radius 1 is 1.04 bits per heavy atom. The Hall–Kier alpha value is -2.17. The topological polar surface area (TPSA) is 41.6 Å². The number of carbonyl (C=O) groups excluding carboxylic acids is 1. The normalized spacial score (nSPS) is 23.1. The number of likely N-dealkylation sites (tertiary alicyclic amines) is 1. The van der Waals surface area contributed by atoms with Crippen LogP contribution in [0.1, 0.15) is 35.3 Å². The van der Waals surface area contributed by atoms with Crippen molar-refractivity contribution in [2.24, 2.45) is 11.8 Å². The highest BCUT2D eigenvalue weighted by Crippen LogP contribution is 2.24. The number of methoxy groups -OCH3 is 1. The highest BCUT2D eigenvalue weighted by atomic mass is 16.5. The molecule has 1 fully saturated rings. The van der Waals surface area contributed by atoms with Crippen LogP contribution < -0.4 is 5.32 Å². The van der Waals surface area contributed by atoms with E-state index in [0.29, 0.717) is 23.4 Å². The number of carbonyl (C=O) groups is 1. The summed E-state index contributed by atoms with van der Waals surface area (Å²) in [4.78, 5) is 14.3. The van der Waals surface area contributed by atoms with Crippen LogP contribution in [0.25, 0.3) is 0 Å². The fourth-order valence-corrected chi connectivity index (χ4v) is 4.21. The lowest BCUT2D eigenvalue weighted by molar-refractivity contribution is 0.0600. The van der Waals surface area contributed by atoms with Gasteiger partial charge < -0.3 is 10.1 Å². The minimum atomic E-state index is -0.284. The molecule has 4 nitrogen and oxygen atoms in total. The molecular formula is C23H30N2O2. The summed E-state index contributed by atoms with van der Waals surface area (Å²) in [5.41, 5.74) is 3.10. The molecule has 0 amide bonds. The van der Waals surface area contributed by atoms with Crippen molar-refractivity contribution in [2.75, 3.05) is 20.2 Å². The third kappa shape index (κ3) is 5.18. The molecule has 0 aromatic heterocycles. The van der Waals surface area contributed by atoms with Gasteiger partial charge in [0.15, 0.2) is 0 Å². The van der Waals surface area contributed by atoms with Gasteiger partial charge in [0, 0.05) is 32.2 Å². The van der Waals surface area contributed by atoms with Crippen LogP contribution in [0.5, 0.6) is 0 Å². The summed E-state index contributed by atoms with van der Waals surface area (Å²) < 4.78 is 4.82. The van der Waals surface area contributed by atoms with Gasteiger partial charge in [-0.25, -0.2) is 4.79 Å². The maximum absolute atomic E-state index is 11.7. The molecule has 0 saturated carbocycles. The van der Waals surface area contributed by atoms with Crippen molar-refractivity contribution in [1.82, 2.24) is 10.2 Å². The Bertz CT molecular complexity index is 735. The molecule has 1 aliphatic rings. The standard InChI is InChI=1S/C23H30N2O2/c1-17-14-25(16-19-8-5-4-6-9-19)15-18(2)22(17)24-13-20-10-7-11-21(12-20)23(26)27-3/h4-12,17-18,22,24H,13-16H2,1-3H3/t17-,18+,22?. The van der Waals surface area contributed by atoms with Crippen molar-refractivity contribution in [3.63, 3.8) is 0 Å². The van der Waals surface area contributed by atoms with E-state index >= 15 is 0 Å². The van der Waals surface area contributed by atoms with E-state index in [1.54, 1.807) is 6.07 Å². The molecular weight excluding hydrogens is 336 g/mol. The molecule has 0 aliphatic carbocycles. The number of piperidine rings is 1. The van der Waals surface area contributed by atoms with E-state index in [0.717, 1.165) is 31.7 Å². The summed E-state index contributed by atoms with van der Waals surface area (Å²) in [6.07, 6.45) is 0. The van der Waals surface area contributed by atoms with Gasteiger partial charge in [-0.1, -0.05) is 56.3 Å². The molecule has 0 spiro atoms. The Kier molecular flexibility index (Phi) is 6.64. The third-order valence-electron chi connectivity index (χ3n) is 5.46. The molecule has 1 aliphatic heterocycles. The van der Waals surface area contributed by atoms with E-state index < -0.39 is 0 Å². The van der Waals surface area contributed by atoms with Crippen LogP contribution in [0.4, 0.5) is 0 Å². The SMILES string of the molecule is COC(=O)c1cccc(CNC2[C@H](C)CN(Cc3ccccc3)C[C@@H]2C)c1. The molecule has 0 radical (unpaired) electrons.